The lowest BCUT2D eigenvalue weighted by molar-refractivity contribution is -0.135. The van der Waals surface area contributed by atoms with Gasteiger partial charge in [-0.05, 0) is 32.0 Å². The average Bonchev–Trinajstić information content (AvgIpc) is 2.77. The van der Waals surface area contributed by atoms with Gasteiger partial charge >= 0.3 is 0 Å². The number of rotatable bonds is 5. The summed E-state index contributed by atoms with van der Waals surface area (Å²) >= 11 is 0. The summed E-state index contributed by atoms with van der Waals surface area (Å²) in [4.78, 5) is 29.2. The van der Waals surface area contributed by atoms with Crippen molar-refractivity contribution < 1.29 is 27.5 Å². The Morgan fingerprint density at radius 2 is 1.94 bits per heavy atom. The molecule has 0 saturated heterocycles. The second-order valence-electron chi connectivity index (χ2n) is 8.21. The van der Waals surface area contributed by atoms with Crippen LogP contribution < -0.4 is 9.46 Å². The molecule has 0 saturated carbocycles. The molecule has 32 heavy (non-hydrogen) atoms. The number of benzene rings is 1. The van der Waals surface area contributed by atoms with Gasteiger partial charge in [-0.1, -0.05) is 13.8 Å². The van der Waals surface area contributed by atoms with Gasteiger partial charge in [-0.15, -0.1) is 0 Å². The molecule has 1 aliphatic rings. The molecule has 180 valence electrons. The number of likely N-dealkylation sites (N-methyl/N-ethyl adjacent to an activating group) is 1. The predicted octanol–water partition coefficient (Wildman–Crippen LogP) is 2.19. The van der Waals surface area contributed by atoms with Crippen LogP contribution in [0.1, 0.15) is 44.5 Å². The smallest absolute Gasteiger partial charge is 0.257 e. The lowest BCUT2D eigenvalue weighted by Crippen LogP contribution is -2.48. The van der Waals surface area contributed by atoms with Gasteiger partial charge in [0.2, 0.25) is 15.9 Å². The number of anilines is 1. The molecular weight excluding hydrogens is 434 g/mol. The van der Waals surface area contributed by atoms with Crippen LogP contribution in [0.2, 0.25) is 0 Å². The zero-order valence-corrected chi connectivity index (χ0v) is 20.6. The van der Waals surface area contributed by atoms with E-state index in [1.165, 1.54) is 17.9 Å². The SMILES string of the molecule is CCC(=O)N1C[C@H](C)[C@@H](OC)CN(C)C(=O)c2cc(NS(=O)(=O)CC)ccc2OC[C@@H]1C. The first kappa shape index (κ1) is 25.9. The molecule has 0 aromatic heterocycles. The fraction of sp³-hybridized carbons (Fsp3) is 0.636. The third-order valence-corrected chi connectivity index (χ3v) is 7.03. The van der Waals surface area contributed by atoms with Crippen molar-refractivity contribution in [3.05, 3.63) is 23.8 Å². The van der Waals surface area contributed by atoms with Crippen molar-refractivity contribution in [3.8, 4) is 5.75 Å². The van der Waals surface area contributed by atoms with Crippen LogP contribution in [0.3, 0.4) is 0 Å². The summed E-state index contributed by atoms with van der Waals surface area (Å²) in [7, 11) is -0.242. The van der Waals surface area contributed by atoms with Crippen molar-refractivity contribution >= 4 is 27.5 Å². The highest BCUT2D eigenvalue weighted by molar-refractivity contribution is 7.92. The van der Waals surface area contributed by atoms with Gasteiger partial charge in [-0.25, -0.2) is 8.42 Å². The minimum absolute atomic E-state index is 0.0187. The molecule has 0 radical (unpaired) electrons. The molecule has 1 heterocycles. The predicted molar refractivity (Wildman–Crippen MR) is 123 cm³/mol. The van der Waals surface area contributed by atoms with Crippen LogP contribution in [0.5, 0.6) is 5.75 Å². The number of methoxy groups -OCH3 is 1. The molecule has 9 nitrogen and oxygen atoms in total. The Kier molecular flexibility index (Phi) is 8.91. The Hall–Kier alpha value is -2.33. The number of amides is 2. The van der Waals surface area contributed by atoms with Gasteiger partial charge in [0.1, 0.15) is 12.4 Å². The number of hydrogen-bond donors (Lipinski definition) is 1. The third-order valence-electron chi connectivity index (χ3n) is 5.72. The van der Waals surface area contributed by atoms with Crippen LogP contribution in [0.15, 0.2) is 18.2 Å². The highest BCUT2D eigenvalue weighted by atomic mass is 32.2. The first-order valence-corrected chi connectivity index (χ1v) is 12.5. The van der Waals surface area contributed by atoms with E-state index in [9.17, 15) is 18.0 Å². The lowest BCUT2D eigenvalue weighted by Gasteiger charge is -2.36. The summed E-state index contributed by atoms with van der Waals surface area (Å²) in [6.07, 6.45) is 0.0961. The summed E-state index contributed by atoms with van der Waals surface area (Å²) in [6.45, 7) is 8.25. The van der Waals surface area contributed by atoms with E-state index in [2.05, 4.69) is 4.72 Å². The molecule has 1 aromatic carbocycles. The molecule has 2 amide bonds. The van der Waals surface area contributed by atoms with Gasteiger partial charge in [0, 0.05) is 45.3 Å². The molecule has 1 N–H and O–H groups in total. The number of nitrogens with one attached hydrogen (secondary N) is 1. The Morgan fingerprint density at radius 3 is 2.53 bits per heavy atom. The van der Waals surface area contributed by atoms with Crippen LogP contribution >= 0.6 is 0 Å². The Labute approximate surface area is 191 Å². The maximum atomic E-state index is 13.3. The maximum Gasteiger partial charge on any atom is 0.257 e. The van der Waals surface area contributed by atoms with E-state index in [1.54, 1.807) is 31.2 Å². The first-order valence-electron chi connectivity index (χ1n) is 10.9. The monoisotopic (exact) mass is 469 g/mol. The van der Waals surface area contributed by atoms with Crippen molar-refractivity contribution in [2.24, 2.45) is 5.92 Å². The molecule has 0 spiro atoms. The molecule has 2 rings (SSSR count). The average molecular weight is 470 g/mol. The molecule has 0 fully saturated rings. The van der Waals surface area contributed by atoms with Gasteiger partial charge in [0.25, 0.3) is 5.91 Å². The summed E-state index contributed by atoms with van der Waals surface area (Å²) in [6, 6.07) is 4.40. The van der Waals surface area contributed by atoms with E-state index < -0.39 is 10.0 Å². The van der Waals surface area contributed by atoms with E-state index in [0.29, 0.717) is 25.3 Å². The van der Waals surface area contributed by atoms with Crippen LogP contribution in [0.25, 0.3) is 0 Å². The van der Waals surface area contributed by atoms with E-state index in [-0.39, 0.29) is 53.5 Å². The van der Waals surface area contributed by atoms with Crippen LogP contribution in [-0.2, 0) is 19.6 Å². The summed E-state index contributed by atoms with van der Waals surface area (Å²) in [5, 5.41) is 0. The van der Waals surface area contributed by atoms with Gasteiger partial charge in [-0.3, -0.25) is 14.3 Å². The minimum atomic E-state index is -3.50. The summed E-state index contributed by atoms with van der Waals surface area (Å²) in [5.74, 6) is -0.0505. The van der Waals surface area contributed by atoms with E-state index in [1.807, 2.05) is 20.8 Å². The number of ether oxygens (including phenoxy) is 2. The Balaban J connectivity index is 2.48. The van der Waals surface area contributed by atoms with Gasteiger partial charge in [-0.2, -0.15) is 0 Å². The van der Waals surface area contributed by atoms with Crippen molar-refractivity contribution in [1.82, 2.24) is 9.80 Å². The zero-order chi connectivity index (χ0) is 24.1. The largest absolute Gasteiger partial charge is 0.491 e. The number of fused-ring (bicyclic) bond motifs is 1. The number of nitrogens with zero attached hydrogens (tertiary/aromatic N) is 2. The summed E-state index contributed by atoms with van der Waals surface area (Å²) < 4.78 is 38.1. The highest BCUT2D eigenvalue weighted by Crippen LogP contribution is 2.27. The van der Waals surface area contributed by atoms with Crippen molar-refractivity contribution in [1.29, 1.82) is 0 Å². The lowest BCUT2D eigenvalue weighted by atomic mass is 10.0. The van der Waals surface area contributed by atoms with E-state index >= 15 is 0 Å². The fourth-order valence-corrected chi connectivity index (χ4v) is 4.27. The second-order valence-corrected chi connectivity index (χ2v) is 10.2. The van der Waals surface area contributed by atoms with Crippen molar-refractivity contribution in [2.45, 2.75) is 46.3 Å². The molecule has 0 aliphatic carbocycles. The number of carbonyl (C=O) groups is 2. The molecule has 0 unspecified atom stereocenters. The summed E-state index contributed by atoms with van der Waals surface area (Å²) in [5.41, 5.74) is 0.531. The standard InChI is InChI=1S/C22H35N3O6S/c1-7-21(26)25-12-15(3)20(30-6)13-24(5)22(27)18-11-17(23-32(28,29)8-2)9-10-19(18)31-14-16(25)4/h9-11,15-16,20,23H,7-8,12-14H2,1-6H3/t15-,16-,20-/m0/s1. The molecule has 0 bridgehead atoms. The molecule has 1 aliphatic heterocycles. The number of hydrogen-bond acceptors (Lipinski definition) is 6. The van der Waals surface area contributed by atoms with Crippen molar-refractivity contribution in [3.63, 3.8) is 0 Å². The fourth-order valence-electron chi connectivity index (χ4n) is 3.64. The topological polar surface area (TPSA) is 105 Å². The van der Waals surface area contributed by atoms with Crippen molar-refractivity contribution in [2.75, 3.05) is 44.3 Å². The number of sulfonamides is 1. The minimum Gasteiger partial charge on any atom is -0.491 e. The van der Waals surface area contributed by atoms with Gasteiger partial charge < -0.3 is 19.3 Å². The quantitative estimate of drug-likeness (QED) is 0.709. The Bertz CT molecular complexity index is 920. The van der Waals surface area contributed by atoms with Gasteiger partial charge in [0.15, 0.2) is 0 Å². The van der Waals surface area contributed by atoms with Crippen LogP contribution in [0, 0.1) is 5.92 Å². The Morgan fingerprint density at radius 1 is 1.25 bits per heavy atom. The van der Waals surface area contributed by atoms with Crippen LogP contribution in [0.4, 0.5) is 5.69 Å². The molecule has 1 aromatic rings. The maximum absolute atomic E-state index is 13.3. The van der Waals surface area contributed by atoms with Crippen LogP contribution in [-0.4, -0.2) is 81.8 Å². The van der Waals surface area contributed by atoms with Gasteiger partial charge in [0.05, 0.1) is 23.5 Å². The first-order chi connectivity index (χ1) is 15.0. The molecular formula is C22H35N3O6S. The normalized spacial score (nSPS) is 22.9. The van der Waals surface area contributed by atoms with E-state index in [4.69, 9.17) is 9.47 Å². The number of carbonyl (C=O) groups excluding carboxylic acids is 2. The third kappa shape index (κ3) is 6.35. The molecule has 3 atom stereocenters. The highest BCUT2D eigenvalue weighted by Gasteiger charge is 2.30. The van der Waals surface area contributed by atoms with E-state index in [0.717, 1.165) is 0 Å². The second kappa shape index (κ2) is 11.0. The molecule has 10 heteroatoms. The zero-order valence-electron chi connectivity index (χ0n) is 19.8.